The Hall–Kier alpha value is -4.28. The van der Waals surface area contributed by atoms with Crippen LogP contribution in [0.2, 0.25) is 0 Å². The van der Waals surface area contributed by atoms with Crippen molar-refractivity contribution in [3.8, 4) is 17.0 Å². The number of aromatic nitrogens is 5. The van der Waals surface area contributed by atoms with E-state index >= 15 is 0 Å². The van der Waals surface area contributed by atoms with Gasteiger partial charge in [-0.3, -0.25) is 19.6 Å². The number of nitrogens with zero attached hydrogens (tertiary/aromatic N) is 6. The molecule has 0 fully saturated rings. The molecule has 0 aliphatic heterocycles. The van der Waals surface area contributed by atoms with E-state index < -0.39 is 10.8 Å². The van der Waals surface area contributed by atoms with Gasteiger partial charge in [0.15, 0.2) is 11.3 Å². The number of carbonyl (C=O) groups is 1. The minimum atomic E-state index is -0.595. The first-order valence-corrected chi connectivity index (χ1v) is 8.86. The van der Waals surface area contributed by atoms with Crippen LogP contribution in [0.25, 0.3) is 16.9 Å². The summed E-state index contributed by atoms with van der Waals surface area (Å²) in [7, 11) is 3.24. The molecule has 0 saturated heterocycles. The molecule has 4 aromatic rings. The number of benzene rings is 1. The molecule has 1 aromatic carbocycles. The normalized spacial score (nSPS) is 10.9. The van der Waals surface area contributed by atoms with E-state index in [2.05, 4.69) is 20.5 Å². The van der Waals surface area contributed by atoms with E-state index in [4.69, 9.17) is 4.74 Å². The van der Waals surface area contributed by atoms with Crippen LogP contribution in [0.15, 0.2) is 42.7 Å². The highest BCUT2D eigenvalue weighted by atomic mass is 16.6. The third kappa shape index (κ3) is 3.21. The lowest BCUT2D eigenvalue weighted by Gasteiger charge is -2.06. The maximum absolute atomic E-state index is 12.7. The molecule has 4 rings (SSSR count). The Morgan fingerprint density at radius 2 is 2.07 bits per heavy atom. The molecule has 3 heterocycles. The van der Waals surface area contributed by atoms with Crippen LogP contribution in [-0.4, -0.2) is 42.3 Å². The van der Waals surface area contributed by atoms with Gasteiger partial charge in [0.1, 0.15) is 11.4 Å². The van der Waals surface area contributed by atoms with Gasteiger partial charge >= 0.3 is 0 Å². The van der Waals surface area contributed by atoms with Crippen LogP contribution < -0.4 is 10.1 Å². The van der Waals surface area contributed by atoms with Crippen molar-refractivity contribution >= 4 is 22.9 Å². The number of ether oxygens (including phenoxy) is 1. The average molecular weight is 407 g/mol. The molecular weight excluding hydrogens is 390 g/mol. The summed E-state index contributed by atoms with van der Waals surface area (Å²) in [6, 6.07) is 7.47. The predicted molar refractivity (Wildman–Crippen MR) is 108 cm³/mol. The van der Waals surface area contributed by atoms with E-state index in [1.165, 1.54) is 31.4 Å². The Morgan fingerprint density at radius 3 is 2.73 bits per heavy atom. The van der Waals surface area contributed by atoms with E-state index in [1.807, 2.05) is 14.0 Å². The fourth-order valence-electron chi connectivity index (χ4n) is 3.04. The molecule has 0 aliphatic rings. The molecule has 30 heavy (non-hydrogen) atoms. The summed E-state index contributed by atoms with van der Waals surface area (Å²) in [5.41, 5.74) is 2.80. The van der Waals surface area contributed by atoms with Crippen LogP contribution in [-0.2, 0) is 7.05 Å². The van der Waals surface area contributed by atoms with Crippen molar-refractivity contribution < 1.29 is 14.5 Å². The number of nitro groups is 1. The molecule has 0 radical (unpaired) electrons. The molecule has 0 unspecified atom stereocenters. The van der Waals surface area contributed by atoms with Crippen LogP contribution in [0, 0.1) is 17.0 Å². The molecule has 0 bridgehead atoms. The largest absolute Gasteiger partial charge is 0.496 e. The van der Waals surface area contributed by atoms with Crippen molar-refractivity contribution in [2.24, 2.45) is 7.05 Å². The second kappa shape index (κ2) is 7.28. The zero-order valence-electron chi connectivity index (χ0n) is 16.4. The molecule has 1 N–H and O–H groups in total. The molecule has 0 spiro atoms. The smallest absolute Gasteiger partial charge is 0.296 e. The van der Waals surface area contributed by atoms with Gasteiger partial charge in [-0.05, 0) is 25.1 Å². The number of methoxy groups -OCH3 is 1. The van der Waals surface area contributed by atoms with Crippen LogP contribution in [0.3, 0.4) is 0 Å². The summed E-state index contributed by atoms with van der Waals surface area (Å²) in [6.07, 6.45) is 3.33. The first kappa shape index (κ1) is 19.1. The number of fused-ring (bicyclic) bond motifs is 1. The lowest BCUT2D eigenvalue weighted by atomic mass is 10.2. The Balaban J connectivity index is 1.71. The van der Waals surface area contributed by atoms with Gasteiger partial charge in [0.2, 0.25) is 0 Å². The summed E-state index contributed by atoms with van der Waals surface area (Å²) in [4.78, 5) is 27.8. The molecule has 11 nitrogen and oxygen atoms in total. The number of rotatable bonds is 5. The van der Waals surface area contributed by atoms with E-state index in [-0.39, 0.29) is 17.1 Å². The van der Waals surface area contributed by atoms with E-state index in [1.54, 1.807) is 27.7 Å². The molecule has 1 amide bonds. The van der Waals surface area contributed by atoms with Crippen molar-refractivity contribution in [2.45, 2.75) is 6.92 Å². The first-order valence-electron chi connectivity index (χ1n) is 8.86. The Kier molecular flexibility index (Phi) is 4.62. The standard InChI is InChI=1S/C19H17N7O4/c1-11-13(10-21-24(11)2)16-6-7-20-18-9-15(23-25(16)18)19(27)22-14-5-4-12(30-3)8-17(14)26(28)29/h4-10H,1-3H3,(H,22,27). The highest BCUT2D eigenvalue weighted by Gasteiger charge is 2.21. The number of hydrogen-bond donors (Lipinski definition) is 1. The highest BCUT2D eigenvalue weighted by molar-refractivity contribution is 6.04. The van der Waals surface area contributed by atoms with Gasteiger partial charge < -0.3 is 10.1 Å². The van der Waals surface area contributed by atoms with Crippen molar-refractivity contribution in [1.82, 2.24) is 24.4 Å². The highest BCUT2D eigenvalue weighted by Crippen LogP contribution is 2.29. The Bertz CT molecular complexity index is 1290. The van der Waals surface area contributed by atoms with Gasteiger partial charge in [0, 0.05) is 30.6 Å². The van der Waals surface area contributed by atoms with E-state index in [0.29, 0.717) is 11.4 Å². The maximum atomic E-state index is 12.7. The number of carbonyl (C=O) groups excluding carboxylic acids is 1. The minimum absolute atomic E-state index is 0.0409. The zero-order chi connectivity index (χ0) is 21.4. The van der Waals surface area contributed by atoms with Gasteiger partial charge in [-0.15, -0.1) is 0 Å². The summed E-state index contributed by atoms with van der Waals surface area (Å²) < 4.78 is 8.29. The molecule has 152 valence electrons. The van der Waals surface area contributed by atoms with Crippen molar-refractivity contribution in [2.75, 3.05) is 12.4 Å². The first-order chi connectivity index (χ1) is 14.4. The Morgan fingerprint density at radius 1 is 1.27 bits per heavy atom. The van der Waals surface area contributed by atoms with Crippen molar-refractivity contribution in [3.05, 3.63) is 64.2 Å². The van der Waals surface area contributed by atoms with Crippen molar-refractivity contribution in [3.63, 3.8) is 0 Å². The van der Waals surface area contributed by atoms with Crippen LogP contribution in [0.4, 0.5) is 11.4 Å². The van der Waals surface area contributed by atoms with Crippen LogP contribution >= 0.6 is 0 Å². The van der Waals surface area contributed by atoms with Gasteiger partial charge in [-0.2, -0.15) is 10.2 Å². The summed E-state index contributed by atoms with van der Waals surface area (Å²) in [6.45, 7) is 1.93. The van der Waals surface area contributed by atoms with Crippen molar-refractivity contribution in [1.29, 1.82) is 0 Å². The minimum Gasteiger partial charge on any atom is -0.496 e. The number of anilines is 1. The number of hydrogen-bond acceptors (Lipinski definition) is 7. The second-order valence-corrected chi connectivity index (χ2v) is 6.49. The third-order valence-electron chi connectivity index (χ3n) is 4.75. The predicted octanol–water partition coefficient (Wildman–Crippen LogP) is 2.61. The lowest BCUT2D eigenvalue weighted by Crippen LogP contribution is -2.14. The fourth-order valence-corrected chi connectivity index (χ4v) is 3.04. The molecule has 11 heteroatoms. The number of aryl methyl sites for hydroxylation is 1. The quantitative estimate of drug-likeness (QED) is 0.397. The SMILES string of the molecule is COc1ccc(NC(=O)c2cc3nccc(-c4cnn(C)c4C)n3n2)c([N+](=O)[O-])c1. The molecule has 0 saturated carbocycles. The fraction of sp³-hybridized carbons (Fsp3) is 0.158. The number of nitrogens with one attached hydrogen (secondary N) is 1. The van der Waals surface area contributed by atoms with Gasteiger partial charge in [-0.25, -0.2) is 9.50 Å². The van der Waals surface area contributed by atoms with E-state index in [0.717, 1.165) is 17.0 Å². The lowest BCUT2D eigenvalue weighted by molar-refractivity contribution is -0.384. The molecule has 3 aromatic heterocycles. The van der Waals surface area contributed by atoms with Gasteiger partial charge in [0.05, 0.1) is 30.0 Å². The third-order valence-corrected chi connectivity index (χ3v) is 4.75. The number of amides is 1. The summed E-state index contributed by atoms with van der Waals surface area (Å²) in [5.74, 6) is -0.282. The van der Waals surface area contributed by atoms with Crippen LogP contribution in [0.5, 0.6) is 5.75 Å². The monoisotopic (exact) mass is 407 g/mol. The van der Waals surface area contributed by atoms with Gasteiger partial charge in [0.25, 0.3) is 11.6 Å². The molecular formula is C19H17N7O4. The second-order valence-electron chi connectivity index (χ2n) is 6.49. The van der Waals surface area contributed by atoms with Gasteiger partial charge in [-0.1, -0.05) is 0 Å². The van der Waals surface area contributed by atoms with E-state index in [9.17, 15) is 14.9 Å². The molecule has 0 atom stereocenters. The van der Waals surface area contributed by atoms with Crippen LogP contribution in [0.1, 0.15) is 16.2 Å². The Labute approximate surface area is 170 Å². The summed E-state index contributed by atoms with van der Waals surface area (Å²) in [5, 5.41) is 22.5. The maximum Gasteiger partial charge on any atom is 0.296 e. The number of nitro benzene ring substituents is 1. The average Bonchev–Trinajstić information content (AvgIpc) is 3.32. The topological polar surface area (TPSA) is 129 Å². The zero-order valence-corrected chi connectivity index (χ0v) is 16.4. The molecule has 0 aliphatic carbocycles. The summed E-state index contributed by atoms with van der Waals surface area (Å²) >= 11 is 0.